The number of nitrogens with zero attached hydrogens (tertiary/aromatic N) is 4. The molecule has 3 aromatic rings. The van der Waals surface area contributed by atoms with Gasteiger partial charge in [0.2, 0.25) is 16.0 Å². The zero-order valence-corrected chi connectivity index (χ0v) is 15.1. The van der Waals surface area contributed by atoms with Crippen molar-refractivity contribution in [1.82, 2.24) is 14.3 Å². The van der Waals surface area contributed by atoms with Crippen molar-refractivity contribution in [2.45, 2.75) is 4.90 Å². The van der Waals surface area contributed by atoms with Crippen LogP contribution in [0.1, 0.15) is 0 Å². The van der Waals surface area contributed by atoms with E-state index in [1.807, 2.05) is 29.2 Å². The fraction of sp³-hybridized carbons (Fsp3) is 0.235. The Morgan fingerprint density at radius 2 is 1.67 bits per heavy atom. The van der Waals surface area contributed by atoms with Crippen LogP contribution in [0.25, 0.3) is 11.0 Å². The van der Waals surface area contributed by atoms with Gasteiger partial charge in [-0.25, -0.2) is 13.4 Å². The minimum Gasteiger partial charge on any atom is -0.340 e. The van der Waals surface area contributed by atoms with Crippen LogP contribution in [0.3, 0.4) is 0 Å². The maximum atomic E-state index is 12.8. The lowest BCUT2D eigenvalue weighted by Gasteiger charge is -2.33. The number of nitrogens with one attached hydrogen (secondary N) is 1. The number of H-pyrrole nitrogens is 1. The van der Waals surface area contributed by atoms with E-state index in [-0.39, 0.29) is 10.6 Å². The summed E-state index contributed by atoms with van der Waals surface area (Å²) in [7, 11) is -3.68. The van der Waals surface area contributed by atoms with Crippen molar-refractivity contribution in [3.63, 3.8) is 0 Å². The number of aromatic nitrogens is 2. The second-order valence-corrected chi connectivity index (χ2v) is 8.16. The molecule has 1 aliphatic rings. The van der Waals surface area contributed by atoms with E-state index in [0.717, 1.165) is 17.0 Å². The Bertz CT molecular complexity index is 1050. The highest BCUT2D eigenvalue weighted by atomic mass is 32.2. The first-order valence-electron chi connectivity index (χ1n) is 8.39. The summed E-state index contributed by atoms with van der Waals surface area (Å²) in [5.41, 5.74) is 1.67. The van der Waals surface area contributed by atoms with Gasteiger partial charge in [0, 0.05) is 38.3 Å². The molecule has 0 amide bonds. The van der Waals surface area contributed by atoms with Crippen LogP contribution in [0, 0.1) is 10.1 Å². The first kappa shape index (κ1) is 17.4. The minimum atomic E-state index is -3.68. The third kappa shape index (κ3) is 3.24. The van der Waals surface area contributed by atoms with E-state index in [2.05, 4.69) is 9.97 Å². The SMILES string of the molecule is O=[N+]([O-])c1ccc(S(=O)(=O)N2CCN(c3nc4ccccc4[nH]3)CC2)cc1. The molecule has 27 heavy (non-hydrogen) atoms. The molecule has 2 aromatic carbocycles. The van der Waals surface area contributed by atoms with Crippen molar-refractivity contribution in [2.75, 3.05) is 31.1 Å². The first-order chi connectivity index (χ1) is 12.9. The number of hydrogen-bond donors (Lipinski definition) is 1. The first-order valence-corrected chi connectivity index (χ1v) is 9.83. The van der Waals surface area contributed by atoms with Gasteiger partial charge in [-0.2, -0.15) is 4.31 Å². The molecule has 0 spiro atoms. The molecule has 10 heteroatoms. The van der Waals surface area contributed by atoms with Crippen LogP contribution in [0.5, 0.6) is 0 Å². The van der Waals surface area contributed by atoms with Gasteiger partial charge in [0.15, 0.2) is 0 Å². The summed E-state index contributed by atoms with van der Waals surface area (Å²) in [6.07, 6.45) is 0. The number of imidazole rings is 1. The zero-order valence-electron chi connectivity index (χ0n) is 14.3. The lowest BCUT2D eigenvalue weighted by molar-refractivity contribution is -0.384. The predicted octanol–water partition coefficient (Wildman–Crippen LogP) is 1.98. The van der Waals surface area contributed by atoms with Crippen molar-refractivity contribution in [2.24, 2.45) is 0 Å². The summed E-state index contributed by atoms with van der Waals surface area (Å²) in [6, 6.07) is 12.7. The van der Waals surface area contributed by atoms with Crippen LogP contribution in [-0.2, 0) is 10.0 Å². The molecule has 0 saturated carbocycles. The lowest BCUT2D eigenvalue weighted by atomic mass is 10.3. The summed E-state index contributed by atoms with van der Waals surface area (Å²) in [6.45, 7) is 1.64. The van der Waals surface area contributed by atoms with Crippen molar-refractivity contribution in [1.29, 1.82) is 0 Å². The molecule has 9 nitrogen and oxygen atoms in total. The van der Waals surface area contributed by atoms with Crippen LogP contribution >= 0.6 is 0 Å². The molecule has 0 radical (unpaired) electrons. The van der Waals surface area contributed by atoms with Gasteiger partial charge >= 0.3 is 0 Å². The van der Waals surface area contributed by atoms with Crippen LogP contribution in [0.2, 0.25) is 0 Å². The number of nitro groups is 1. The molecule has 1 saturated heterocycles. The molecule has 0 aliphatic carbocycles. The standard InChI is InChI=1S/C17H17N5O4S/c23-22(24)13-5-7-14(8-6-13)27(25,26)21-11-9-20(10-12-21)17-18-15-3-1-2-4-16(15)19-17/h1-8H,9-12H2,(H,18,19). The van der Waals surface area contributed by atoms with Crippen LogP contribution in [0.15, 0.2) is 53.4 Å². The minimum absolute atomic E-state index is 0.0605. The Morgan fingerprint density at radius 3 is 2.30 bits per heavy atom. The second-order valence-electron chi connectivity index (χ2n) is 6.22. The van der Waals surface area contributed by atoms with Crippen LogP contribution in [-0.4, -0.2) is 53.8 Å². The highest BCUT2D eigenvalue weighted by Gasteiger charge is 2.29. The van der Waals surface area contributed by atoms with Crippen molar-refractivity contribution >= 4 is 32.7 Å². The Morgan fingerprint density at radius 1 is 1.00 bits per heavy atom. The van der Waals surface area contributed by atoms with Crippen molar-refractivity contribution < 1.29 is 13.3 Å². The summed E-state index contributed by atoms with van der Waals surface area (Å²) >= 11 is 0. The number of non-ortho nitro benzene ring substituents is 1. The number of fused-ring (bicyclic) bond motifs is 1. The number of rotatable bonds is 4. The number of aromatic amines is 1. The molecule has 1 N–H and O–H groups in total. The van der Waals surface area contributed by atoms with Crippen LogP contribution < -0.4 is 4.90 Å². The maximum absolute atomic E-state index is 12.8. The Labute approximate surface area is 155 Å². The van der Waals surface area contributed by atoms with Gasteiger partial charge in [-0.1, -0.05) is 12.1 Å². The summed E-state index contributed by atoms with van der Waals surface area (Å²) in [5.74, 6) is 0.726. The van der Waals surface area contributed by atoms with Gasteiger partial charge in [-0.15, -0.1) is 0 Å². The quantitative estimate of drug-likeness (QED) is 0.541. The molecule has 2 heterocycles. The number of nitro benzene ring substituents is 1. The Hall–Kier alpha value is -2.98. The normalized spacial score (nSPS) is 15.9. The maximum Gasteiger partial charge on any atom is 0.269 e. The van der Waals surface area contributed by atoms with Gasteiger partial charge < -0.3 is 9.88 Å². The topological polar surface area (TPSA) is 112 Å². The monoisotopic (exact) mass is 387 g/mol. The van der Waals surface area contributed by atoms with Gasteiger partial charge in [-0.3, -0.25) is 10.1 Å². The molecule has 0 unspecified atom stereocenters. The fourth-order valence-electron chi connectivity index (χ4n) is 3.12. The fourth-order valence-corrected chi connectivity index (χ4v) is 4.54. The van der Waals surface area contributed by atoms with E-state index >= 15 is 0 Å². The van der Waals surface area contributed by atoms with E-state index in [9.17, 15) is 18.5 Å². The predicted molar refractivity (Wildman–Crippen MR) is 100 cm³/mol. The second kappa shape index (κ2) is 6.63. The smallest absolute Gasteiger partial charge is 0.269 e. The average Bonchev–Trinajstić information content (AvgIpc) is 3.12. The van der Waals surface area contributed by atoms with Gasteiger partial charge in [0.05, 0.1) is 20.9 Å². The van der Waals surface area contributed by atoms with E-state index in [4.69, 9.17) is 0 Å². The molecule has 1 aromatic heterocycles. The Balaban J connectivity index is 1.48. The highest BCUT2D eigenvalue weighted by Crippen LogP contribution is 2.23. The molecule has 1 fully saturated rings. The van der Waals surface area contributed by atoms with Crippen LogP contribution in [0.4, 0.5) is 11.6 Å². The highest BCUT2D eigenvalue weighted by molar-refractivity contribution is 7.89. The van der Waals surface area contributed by atoms with Gasteiger partial charge in [0.25, 0.3) is 5.69 Å². The zero-order chi connectivity index (χ0) is 19.0. The number of piperazine rings is 1. The molecule has 1 aliphatic heterocycles. The summed E-state index contributed by atoms with van der Waals surface area (Å²) in [4.78, 5) is 20.1. The number of sulfonamides is 1. The largest absolute Gasteiger partial charge is 0.340 e. The molecule has 140 valence electrons. The van der Waals surface area contributed by atoms with E-state index in [1.165, 1.54) is 28.6 Å². The molecule has 4 rings (SSSR count). The molecular formula is C17H17N5O4S. The van der Waals surface area contributed by atoms with Crippen molar-refractivity contribution in [3.8, 4) is 0 Å². The summed E-state index contributed by atoms with van der Waals surface area (Å²) < 4.78 is 26.9. The van der Waals surface area contributed by atoms with Gasteiger partial charge in [-0.05, 0) is 24.3 Å². The molecular weight excluding hydrogens is 370 g/mol. The van der Waals surface area contributed by atoms with Gasteiger partial charge in [0.1, 0.15) is 0 Å². The van der Waals surface area contributed by atoms with E-state index in [0.29, 0.717) is 26.2 Å². The summed E-state index contributed by atoms with van der Waals surface area (Å²) in [5, 5.41) is 10.7. The number of anilines is 1. The third-order valence-corrected chi connectivity index (χ3v) is 6.51. The van der Waals surface area contributed by atoms with E-state index < -0.39 is 14.9 Å². The number of para-hydroxylation sites is 2. The number of benzene rings is 2. The Kier molecular flexibility index (Phi) is 4.28. The average molecular weight is 387 g/mol. The molecule has 0 bridgehead atoms. The third-order valence-electron chi connectivity index (χ3n) is 4.60. The number of hydrogen-bond acceptors (Lipinski definition) is 6. The van der Waals surface area contributed by atoms with Crippen molar-refractivity contribution in [3.05, 3.63) is 58.6 Å². The lowest BCUT2D eigenvalue weighted by Crippen LogP contribution is -2.49. The molecule has 0 atom stereocenters. The van der Waals surface area contributed by atoms with E-state index in [1.54, 1.807) is 0 Å².